The van der Waals surface area contributed by atoms with E-state index in [9.17, 15) is 0 Å². The van der Waals surface area contributed by atoms with Crippen molar-refractivity contribution in [1.29, 1.82) is 0 Å². The summed E-state index contributed by atoms with van der Waals surface area (Å²) < 4.78 is 29.7. The molecule has 5 nitrogen and oxygen atoms in total. The van der Waals surface area contributed by atoms with Gasteiger partial charge in [-0.25, -0.2) is 4.31 Å². The molecule has 0 saturated carbocycles. The molecule has 0 spiro atoms. The molecule has 0 fully saturated rings. The second-order valence-electron chi connectivity index (χ2n) is 5.74. The molecule has 1 heterocycles. The molecule has 0 bridgehead atoms. The van der Waals surface area contributed by atoms with Gasteiger partial charge in [0.25, 0.3) is 0 Å². The van der Waals surface area contributed by atoms with E-state index in [-0.39, 0.29) is 0 Å². The van der Waals surface area contributed by atoms with Gasteiger partial charge in [-0.1, -0.05) is 36.4 Å². The Morgan fingerprint density at radius 1 is 0.633 bits per heavy atom. The molecule has 1 aromatic heterocycles. The van der Waals surface area contributed by atoms with Crippen LogP contribution in [-0.4, -0.2) is 26.4 Å². The fraction of sp³-hybridized carbons (Fsp3) is 0.400. The maximum atomic E-state index is 5.55. The fourth-order valence-electron chi connectivity index (χ4n) is 2.60. The molecule has 0 aliphatic rings. The molecule has 3 rings (SSSR count). The summed E-state index contributed by atoms with van der Waals surface area (Å²) >= 11 is 12.3. The van der Waals surface area contributed by atoms with Crippen molar-refractivity contribution in [3.8, 4) is 0 Å². The fourth-order valence-corrected chi connectivity index (χ4v) is 10.1. The molecule has 166 valence electrons. The van der Waals surface area contributed by atoms with Gasteiger partial charge in [-0.05, 0) is 63.4 Å². The highest BCUT2D eigenvalue weighted by molar-refractivity contribution is 8.14. The van der Waals surface area contributed by atoms with Crippen LogP contribution in [-0.2, 0) is 46.0 Å². The molecule has 0 N–H and O–H groups in total. The van der Waals surface area contributed by atoms with Crippen molar-refractivity contribution in [2.24, 2.45) is 0 Å². The van der Waals surface area contributed by atoms with Gasteiger partial charge in [0, 0.05) is 20.2 Å². The first-order chi connectivity index (χ1) is 14.4. The molecule has 0 amide bonds. The molecule has 0 aliphatic carbocycles. The zero-order chi connectivity index (χ0) is 22.0. The zero-order valence-corrected chi connectivity index (χ0v) is 21.8. The first-order valence-electron chi connectivity index (χ1n) is 9.76. The molecule has 10 heteroatoms. The molecule has 2 aromatic carbocycles. The minimum atomic E-state index is -2.87. The molecule has 0 unspecified atom stereocenters. The van der Waals surface area contributed by atoms with Crippen LogP contribution in [0.4, 0.5) is 0 Å². The Morgan fingerprint density at radius 3 is 1.30 bits per heavy atom. The molecule has 0 radical (unpaired) electrons. The topological polar surface area (TPSA) is 46.2 Å². The minimum Gasteiger partial charge on any atom is -0.309 e. The number of hydrogen-bond donors (Lipinski definition) is 0. The summed E-state index contributed by atoms with van der Waals surface area (Å²) in [6.07, 6.45) is 0. The lowest BCUT2D eigenvalue weighted by Gasteiger charge is -2.27. The zero-order valence-electron chi connectivity index (χ0n) is 17.6. The van der Waals surface area contributed by atoms with Gasteiger partial charge in [-0.3, -0.25) is 0 Å². The number of hydrogen-bond acceptors (Lipinski definition) is 8. The highest BCUT2D eigenvalue weighted by Gasteiger charge is 2.31. The first-order valence-corrected chi connectivity index (χ1v) is 15.7. The molecule has 30 heavy (non-hydrogen) atoms. The molecule has 3 aromatic rings. The average Bonchev–Trinajstić information content (AvgIpc) is 3.07. The third-order valence-electron chi connectivity index (χ3n) is 3.63. The Kier molecular flexibility index (Phi) is 11.0. The molecular weight excluding hydrogens is 478 g/mol. The minimum absolute atomic E-state index is 0.394. The van der Waals surface area contributed by atoms with E-state index < -0.39 is 13.4 Å². The van der Waals surface area contributed by atoms with Gasteiger partial charge < -0.3 is 18.1 Å². The van der Waals surface area contributed by atoms with E-state index >= 15 is 0 Å². The van der Waals surface area contributed by atoms with Crippen LogP contribution >= 0.6 is 24.8 Å². The van der Waals surface area contributed by atoms with Crippen LogP contribution in [0.1, 0.15) is 27.7 Å². The average molecular weight is 507 g/mol. The van der Waals surface area contributed by atoms with E-state index in [1.54, 1.807) is 0 Å². The summed E-state index contributed by atoms with van der Waals surface area (Å²) in [6, 6.07) is 17.1. The quantitative estimate of drug-likeness (QED) is 0.262. The van der Waals surface area contributed by atoms with Crippen molar-refractivity contribution in [3.63, 3.8) is 0 Å². The lowest BCUT2D eigenvalue weighted by molar-refractivity contribution is 0.176. The van der Waals surface area contributed by atoms with Gasteiger partial charge in [0.15, 0.2) is 0 Å². The normalized spacial score (nSPS) is 12.1. The predicted octanol–water partition coefficient (Wildman–Crippen LogP) is 7.65. The monoisotopic (exact) mass is 506 g/mol. The summed E-state index contributed by atoms with van der Waals surface area (Å²) in [4.78, 5) is 0. The number of thiophene rings is 1. The maximum Gasteiger partial charge on any atom is 0.334 e. The first kappa shape index (κ1) is 26.0. The van der Waals surface area contributed by atoms with Crippen molar-refractivity contribution in [3.05, 3.63) is 48.5 Å². The Labute approximate surface area is 193 Å². The van der Waals surface area contributed by atoms with Crippen molar-refractivity contribution < 1.29 is 22.4 Å². The summed E-state index contributed by atoms with van der Waals surface area (Å²) in [5, 5.41) is 2.76. The Hall–Kier alpha value is -0.240. The van der Waals surface area contributed by atoms with Crippen LogP contribution in [0.15, 0.2) is 48.5 Å². The maximum absolute atomic E-state index is 5.55. The van der Waals surface area contributed by atoms with Crippen LogP contribution in [0.2, 0.25) is 0 Å². The van der Waals surface area contributed by atoms with Crippen LogP contribution in [0.5, 0.6) is 0 Å². The SMILES string of the molecule is CCOP(=S)(OCC)OP(=S)(OCC)OCC.c1ccc2c(c1)sc1ccccc12. The molecule has 0 saturated heterocycles. The Bertz CT molecular complexity index is 926. The third-order valence-corrected chi connectivity index (χ3v) is 11.1. The van der Waals surface area contributed by atoms with Crippen molar-refractivity contribution in [2.75, 3.05) is 26.4 Å². The largest absolute Gasteiger partial charge is 0.334 e. The number of benzene rings is 2. The van der Waals surface area contributed by atoms with Crippen LogP contribution in [0.25, 0.3) is 20.2 Å². The van der Waals surface area contributed by atoms with Gasteiger partial charge in [0.05, 0.1) is 26.4 Å². The van der Waals surface area contributed by atoms with Crippen LogP contribution in [0, 0.1) is 0 Å². The van der Waals surface area contributed by atoms with E-state index in [2.05, 4.69) is 48.5 Å². The predicted molar refractivity (Wildman–Crippen MR) is 135 cm³/mol. The van der Waals surface area contributed by atoms with Gasteiger partial charge in [0.2, 0.25) is 0 Å². The van der Waals surface area contributed by atoms with E-state index in [4.69, 9.17) is 46.0 Å². The smallest absolute Gasteiger partial charge is 0.309 e. The lowest BCUT2D eigenvalue weighted by Crippen LogP contribution is -2.03. The lowest BCUT2D eigenvalue weighted by atomic mass is 10.2. The highest BCUT2D eigenvalue weighted by Crippen LogP contribution is 2.66. The van der Waals surface area contributed by atoms with Gasteiger partial charge in [-0.15, -0.1) is 11.3 Å². The van der Waals surface area contributed by atoms with Crippen molar-refractivity contribution in [1.82, 2.24) is 0 Å². The number of rotatable bonds is 10. The summed E-state index contributed by atoms with van der Waals surface area (Å²) in [5.74, 6) is 0. The van der Waals surface area contributed by atoms with Crippen molar-refractivity contribution in [2.45, 2.75) is 27.7 Å². The van der Waals surface area contributed by atoms with E-state index in [0.717, 1.165) is 0 Å². The van der Waals surface area contributed by atoms with Crippen molar-refractivity contribution >= 4 is 68.6 Å². The van der Waals surface area contributed by atoms with Crippen LogP contribution < -0.4 is 0 Å². The summed E-state index contributed by atoms with van der Waals surface area (Å²) in [7, 11) is 0. The van der Waals surface area contributed by atoms with E-state index in [1.807, 2.05) is 39.0 Å². The van der Waals surface area contributed by atoms with Crippen LogP contribution in [0.3, 0.4) is 0 Å². The van der Waals surface area contributed by atoms with E-state index in [1.165, 1.54) is 20.2 Å². The molecular formula is C20H28O5P2S3. The van der Waals surface area contributed by atoms with Gasteiger partial charge >= 0.3 is 13.4 Å². The van der Waals surface area contributed by atoms with E-state index in [0.29, 0.717) is 26.4 Å². The second-order valence-corrected chi connectivity index (χ2v) is 13.0. The molecule has 0 atom stereocenters. The van der Waals surface area contributed by atoms with Gasteiger partial charge in [0.1, 0.15) is 0 Å². The number of fused-ring (bicyclic) bond motifs is 3. The van der Waals surface area contributed by atoms with Gasteiger partial charge in [-0.2, -0.15) is 0 Å². The Balaban J connectivity index is 0.000000218. The molecule has 0 aliphatic heterocycles. The second kappa shape index (κ2) is 12.7. The summed E-state index contributed by atoms with van der Waals surface area (Å²) in [5.41, 5.74) is 0. The Morgan fingerprint density at radius 2 is 0.967 bits per heavy atom. The third kappa shape index (κ3) is 7.42. The summed E-state index contributed by atoms with van der Waals surface area (Å²) in [6.45, 7) is 3.09. The standard InChI is InChI=1S/C12H8S.C8H20O5P2S2/c1-3-7-11-9(5-1)10-6-2-4-8-12(10)13-11;1-5-9-14(16,10-6-2)13-15(17,11-7-3)12-8-4/h1-8H;5-8H2,1-4H3. The highest BCUT2D eigenvalue weighted by atomic mass is 32.5.